The Bertz CT molecular complexity index is 727. The summed E-state index contributed by atoms with van der Waals surface area (Å²) in [4.78, 5) is 24.1. The number of amides is 2. The smallest absolute Gasteiger partial charge is 0.251 e. The topological polar surface area (TPSA) is 162 Å². The number of anilines is 4. The molecule has 0 aromatic heterocycles. The maximum absolute atomic E-state index is 12.1. The molecule has 0 bridgehead atoms. The largest absolute Gasteiger partial charge is 0.399 e. The van der Waals surface area contributed by atoms with E-state index in [4.69, 9.17) is 22.9 Å². The second-order valence-corrected chi connectivity index (χ2v) is 6.70. The van der Waals surface area contributed by atoms with Gasteiger partial charge in [-0.05, 0) is 49.2 Å². The molecule has 0 unspecified atom stereocenters. The van der Waals surface area contributed by atoms with Gasteiger partial charge in [-0.1, -0.05) is 12.8 Å². The number of nitrogens with two attached hydrogens (primary N) is 4. The van der Waals surface area contributed by atoms with Crippen molar-refractivity contribution in [3.8, 4) is 0 Å². The Morgan fingerprint density at radius 3 is 1.21 bits per heavy atom. The first-order chi connectivity index (χ1) is 13.3. The van der Waals surface area contributed by atoms with Gasteiger partial charge in [0.1, 0.15) is 0 Å². The molecule has 2 rings (SSSR count). The summed E-state index contributed by atoms with van der Waals surface area (Å²) < 4.78 is 0. The minimum atomic E-state index is -0.187. The first-order valence-corrected chi connectivity index (χ1v) is 9.23. The fraction of sp³-hybridized carbons (Fsp3) is 0.300. The van der Waals surface area contributed by atoms with Crippen LogP contribution in [0.15, 0.2) is 36.4 Å². The molecule has 0 aliphatic heterocycles. The van der Waals surface area contributed by atoms with Crippen molar-refractivity contribution in [1.82, 2.24) is 10.6 Å². The van der Waals surface area contributed by atoms with Gasteiger partial charge in [-0.3, -0.25) is 9.59 Å². The van der Waals surface area contributed by atoms with Gasteiger partial charge in [0.15, 0.2) is 0 Å². The van der Waals surface area contributed by atoms with Gasteiger partial charge in [-0.2, -0.15) is 0 Å². The Labute approximate surface area is 164 Å². The molecule has 8 nitrogen and oxygen atoms in total. The van der Waals surface area contributed by atoms with Crippen LogP contribution in [-0.4, -0.2) is 24.9 Å². The molecule has 0 aliphatic carbocycles. The van der Waals surface area contributed by atoms with Crippen LogP contribution >= 0.6 is 0 Å². The van der Waals surface area contributed by atoms with Crippen molar-refractivity contribution in [2.75, 3.05) is 36.0 Å². The third-order valence-electron chi connectivity index (χ3n) is 4.15. The highest BCUT2D eigenvalue weighted by molar-refractivity contribution is 5.96. The van der Waals surface area contributed by atoms with Crippen LogP contribution in [0.4, 0.5) is 22.7 Å². The van der Waals surface area contributed by atoms with Crippen molar-refractivity contribution in [1.29, 1.82) is 0 Å². The van der Waals surface area contributed by atoms with Crippen LogP contribution in [0, 0.1) is 0 Å². The third-order valence-corrected chi connectivity index (χ3v) is 4.15. The maximum atomic E-state index is 12.1. The van der Waals surface area contributed by atoms with Crippen molar-refractivity contribution in [2.45, 2.75) is 25.7 Å². The number of hydrogen-bond acceptors (Lipinski definition) is 6. The number of carbonyl (C=O) groups excluding carboxylic acids is 2. The van der Waals surface area contributed by atoms with Gasteiger partial charge in [0.2, 0.25) is 0 Å². The number of nitrogens with one attached hydrogen (secondary N) is 2. The standard InChI is InChI=1S/C20H28N6O2/c21-15-7-13(8-16(22)11-15)19(27)25-5-3-1-2-4-6-26-20(28)14-9-17(23)12-18(24)10-14/h7-12H,1-6,21-24H2,(H,25,27)(H,26,28). The van der Waals surface area contributed by atoms with E-state index in [1.165, 1.54) is 0 Å². The molecule has 2 aromatic rings. The highest BCUT2D eigenvalue weighted by atomic mass is 16.2. The van der Waals surface area contributed by atoms with Gasteiger partial charge in [0.25, 0.3) is 11.8 Å². The SMILES string of the molecule is Nc1cc(N)cc(C(=O)NCCCCCCNC(=O)c2cc(N)cc(N)c2)c1. The lowest BCUT2D eigenvalue weighted by Gasteiger charge is -2.08. The summed E-state index contributed by atoms with van der Waals surface area (Å²) in [6.45, 7) is 1.14. The van der Waals surface area contributed by atoms with Crippen LogP contribution in [0.2, 0.25) is 0 Å². The molecule has 0 aliphatic rings. The maximum Gasteiger partial charge on any atom is 0.251 e. The molecule has 150 valence electrons. The van der Waals surface area contributed by atoms with E-state index >= 15 is 0 Å². The van der Waals surface area contributed by atoms with Gasteiger partial charge in [0, 0.05) is 47.0 Å². The molecule has 28 heavy (non-hydrogen) atoms. The summed E-state index contributed by atoms with van der Waals surface area (Å²) in [6, 6.07) is 9.61. The fourth-order valence-electron chi connectivity index (χ4n) is 2.83. The molecule has 2 aromatic carbocycles. The van der Waals surface area contributed by atoms with E-state index in [2.05, 4.69) is 10.6 Å². The molecule has 0 fully saturated rings. The zero-order valence-electron chi connectivity index (χ0n) is 15.8. The van der Waals surface area contributed by atoms with E-state index in [0.717, 1.165) is 25.7 Å². The van der Waals surface area contributed by atoms with Crippen LogP contribution in [0.1, 0.15) is 46.4 Å². The van der Waals surface area contributed by atoms with E-state index in [9.17, 15) is 9.59 Å². The molecule has 0 heterocycles. The van der Waals surface area contributed by atoms with E-state index in [0.29, 0.717) is 47.0 Å². The van der Waals surface area contributed by atoms with Crippen LogP contribution in [0.25, 0.3) is 0 Å². The van der Waals surface area contributed by atoms with Gasteiger partial charge in [-0.25, -0.2) is 0 Å². The van der Waals surface area contributed by atoms with E-state index in [1.54, 1.807) is 36.4 Å². The lowest BCUT2D eigenvalue weighted by molar-refractivity contribution is 0.0943. The average Bonchev–Trinajstić information content (AvgIpc) is 2.61. The molecule has 2 amide bonds. The van der Waals surface area contributed by atoms with Gasteiger partial charge in [-0.15, -0.1) is 0 Å². The summed E-state index contributed by atoms with van der Waals surface area (Å²) in [5.74, 6) is -0.375. The number of carbonyl (C=O) groups is 2. The predicted octanol–water partition coefficient (Wildman–Crippen LogP) is 1.74. The van der Waals surface area contributed by atoms with Crippen molar-refractivity contribution in [3.63, 3.8) is 0 Å². The summed E-state index contributed by atoms with van der Waals surface area (Å²) in [6.07, 6.45) is 3.59. The predicted molar refractivity (Wildman–Crippen MR) is 114 cm³/mol. The van der Waals surface area contributed by atoms with Crippen molar-refractivity contribution in [3.05, 3.63) is 47.5 Å². The Morgan fingerprint density at radius 2 is 0.893 bits per heavy atom. The fourth-order valence-corrected chi connectivity index (χ4v) is 2.83. The normalized spacial score (nSPS) is 10.4. The first kappa shape index (κ1) is 20.9. The second-order valence-electron chi connectivity index (χ2n) is 6.70. The van der Waals surface area contributed by atoms with Gasteiger partial charge in [0.05, 0.1) is 0 Å². The Balaban J connectivity index is 1.58. The Kier molecular flexibility index (Phi) is 7.50. The lowest BCUT2D eigenvalue weighted by atomic mass is 10.1. The quantitative estimate of drug-likeness (QED) is 0.285. The monoisotopic (exact) mass is 384 g/mol. The summed E-state index contributed by atoms with van der Waals surface area (Å²) >= 11 is 0. The third kappa shape index (κ3) is 6.71. The molecule has 10 N–H and O–H groups in total. The van der Waals surface area contributed by atoms with E-state index < -0.39 is 0 Å². The number of rotatable bonds is 9. The summed E-state index contributed by atoms with van der Waals surface area (Å²) in [7, 11) is 0. The second kappa shape index (κ2) is 10.1. The zero-order valence-corrected chi connectivity index (χ0v) is 15.8. The number of benzene rings is 2. The first-order valence-electron chi connectivity index (χ1n) is 9.23. The average molecular weight is 384 g/mol. The molecule has 0 atom stereocenters. The van der Waals surface area contributed by atoms with E-state index in [-0.39, 0.29) is 11.8 Å². The van der Waals surface area contributed by atoms with Crippen molar-refractivity contribution < 1.29 is 9.59 Å². The molecule has 0 spiro atoms. The molecule has 0 saturated carbocycles. The Morgan fingerprint density at radius 1 is 0.571 bits per heavy atom. The molecule has 0 radical (unpaired) electrons. The van der Waals surface area contributed by atoms with Gasteiger partial charge >= 0.3 is 0 Å². The lowest BCUT2D eigenvalue weighted by Crippen LogP contribution is -2.25. The zero-order chi connectivity index (χ0) is 20.5. The van der Waals surface area contributed by atoms with E-state index in [1.807, 2.05) is 0 Å². The van der Waals surface area contributed by atoms with Crippen LogP contribution in [0.5, 0.6) is 0 Å². The summed E-state index contributed by atoms with van der Waals surface area (Å²) in [5, 5.41) is 5.70. The molecular weight excluding hydrogens is 356 g/mol. The highest BCUT2D eigenvalue weighted by Gasteiger charge is 2.07. The van der Waals surface area contributed by atoms with Crippen molar-refractivity contribution in [2.24, 2.45) is 0 Å². The highest BCUT2D eigenvalue weighted by Crippen LogP contribution is 2.14. The number of hydrogen-bond donors (Lipinski definition) is 6. The Hall–Kier alpha value is -3.42. The van der Waals surface area contributed by atoms with Gasteiger partial charge < -0.3 is 33.6 Å². The summed E-state index contributed by atoms with van der Waals surface area (Å²) in [5.41, 5.74) is 25.5. The molecule has 0 saturated heterocycles. The molecule has 8 heteroatoms. The minimum absolute atomic E-state index is 0.187. The number of nitrogen functional groups attached to an aromatic ring is 4. The van der Waals surface area contributed by atoms with Crippen LogP contribution in [0.3, 0.4) is 0 Å². The molecular formula is C20H28N6O2. The number of unbranched alkanes of at least 4 members (excludes halogenated alkanes) is 3. The minimum Gasteiger partial charge on any atom is -0.399 e. The van der Waals surface area contributed by atoms with Crippen LogP contribution < -0.4 is 33.6 Å². The van der Waals surface area contributed by atoms with Crippen LogP contribution in [-0.2, 0) is 0 Å². The van der Waals surface area contributed by atoms with Crippen molar-refractivity contribution >= 4 is 34.6 Å².